The minimum absolute atomic E-state index is 0.0292. The predicted octanol–water partition coefficient (Wildman–Crippen LogP) is 2.87. The molecule has 0 fully saturated rings. The zero-order valence-corrected chi connectivity index (χ0v) is 14.4. The van der Waals surface area contributed by atoms with Gasteiger partial charge in [-0.25, -0.2) is 4.79 Å². The van der Waals surface area contributed by atoms with Crippen LogP contribution in [0.1, 0.15) is 49.0 Å². The number of rotatable bonds is 5. The molecule has 1 heterocycles. The lowest BCUT2D eigenvalue weighted by molar-refractivity contribution is 0.234. The van der Waals surface area contributed by atoms with Crippen LogP contribution < -0.4 is 15.4 Å². The molecule has 0 spiro atoms. The van der Waals surface area contributed by atoms with E-state index in [2.05, 4.69) is 21.8 Å². The average molecular weight is 328 g/mol. The number of nitrogens with zero attached hydrogens (tertiary/aromatic N) is 2. The van der Waals surface area contributed by atoms with Crippen LogP contribution in [0, 0.1) is 0 Å². The van der Waals surface area contributed by atoms with E-state index in [0.29, 0.717) is 6.61 Å². The van der Waals surface area contributed by atoms with Crippen molar-refractivity contribution in [3.8, 4) is 5.75 Å². The average Bonchev–Trinajstić information content (AvgIpc) is 3.15. The molecule has 0 aliphatic heterocycles. The van der Waals surface area contributed by atoms with Gasteiger partial charge >= 0.3 is 6.03 Å². The molecule has 6 nitrogen and oxygen atoms in total. The fraction of sp³-hybridized carbons (Fsp3) is 0.444. The van der Waals surface area contributed by atoms with Gasteiger partial charge in [0.25, 0.3) is 0 Å². The number of benzene rings is 1. The zero-order valence-electron chi connectivity index (χ0n) is 14.4. The number of aromatic nitrogens is 2. The summed E-state index contributed by atoms with van der Waals surface area (Å²) in [6.07, 6.45) is 5.50. The van der Waals surface area contributed by atoms with Gasteiger partial charge < -0.3 is 15.4 Å². The van der Waals surface area contributed by atoms with Crippen LogP contribution >= 0.6 is 0 Å². The monoisotopic (exact) mass is 328 g/mol. The van der Waals surface area contributed by atoms with Gasteiger partial charge in [0, 0.05) is 18.8 Å². The van der Waals surface area contributed by atoms with Crippen LogP contribution in [-0.2, 0) is 13.5 Å². The molecule has 1 aliphatic carbocycles. The van der Waals surface area contributed by atoms with Crippen molar-refractivity contribution in [3.63, 3.8) is 0 Å². The highest BCUT2D eigenvalue weighted by atomic mass is 16.5. The second kappa shape index (κ2) is 6.95. The molecular weight excluding hydrogens is 304 g/mol. The lowest BCUT2D eigenvalue weighted by Gasteiger charge is -2.18. The van der Waals surface area contributed by atoms with Crippen LogP contribution in [0.3, 0.4) is 0 Å². The number of amides is 2. The maximum atomic E-state index is 12.3. The highest BCUT2D eigenvalue weighted by Crippen LogP contribution is 2.36. The zero-order chi connectivity index (χ0) is 17.1. The minimum atomic E-state index is -0.161. The Morgan fingerprint density at radius 1 is 1.50 bits per heavy atom. The molecule has 128 valence electrons. The number of ether oxygens (including phenoxy) is 1. The molecule has 1 aromatic heterocycles. The van der Waals surface area contributed by atoms with E-state index < -0.39 is 0 Å². The summed E-state index contributed by atoms with van der Waals surface area (Å²) in [6, 6.07) is 5.83. The van der Waals surface area contributed by atoms with E-state index in [1.807, 2.05) is 39.2 Å². The SMILES string of the molecule is CCOc1cccc2c1CC[C@H]2NC(=O)N[C@@H](C)c1cnn(C)c1. The van der Waals surface area contributed by atoms with E-state index in [0.717, 1.165) is 29.7 Å². The molecule has 6 heteroatoms. The van der Waals surface area contributed by atoms with Gasteiger partial charge in [-0.1, -0.05) is 12.1 Å². The number of fused-ring (bicyclic) bond motifs is 1. The van der Waals surface area contributed by atoms with Gasteiger partial charge in [-0.3, -0.25) is 4.68 Å². The first-order valence-electron chi connectivity index (χ1n) is 8.38. The Kier molecular flexibility index (Phi) is 4.74. The summed E-state index contributed by atoms with van der Waals surface area (Å²) in [4.78, 5) is 12.3. The van der Waals surface area contributed by atoms with Gasteiger partial charge in [0.2, 0.25) is 0 Å². The van der Waals surface area contributed by atoms with Crippen molar-refractivity contribution >= 4 is 6.03 Å². The number of hydrogen-bond donors (Lipinski definition) is 2. The van der Waals surface area contributed by atoms with E-state index in [1.54, 1.807) is 10.9 Å². The fourth-order valence-electron chi connectivity index (χ4n) is 3.21. The fourth-order valence-corrected chi connectivity index (χ4v) is 3.21. The molecule has 2 atom stereocenters. The number of carbonyl (C=O) groups excluding carboxylic acids is 1. The third-order valence-electron chi connectivity index (χ3n) is 4.41. The lowest BCUT2D eigenvalue weighted by atomic mass is 10.1. The summed E-state index contributed by atoms with van der Waals surface area (Å²) in [5.74, 6) is 0.934. The smallest absolute Gasteiger partial charge is 0.315 e. The Bertz CT molecular complexity index is 726. The third-order valence-corrected chi connectivity index (χ3v) is 4.41. The molecule has 2 N–H and O–H groups in total. The Balaban J connectivity index is 1.64. The number of hydrogen-bond acceptors (Lipinski definition) is 3. The molecule has 2 aromatic rings. The second-order valence-electron chi connectivity index (χ2n) is 6.14. The number of urea groups is 1. The van der Waals surface area contributed by atoms with Crippen LogP contribution in [0.25, 0.3) is 0 Å². The molecule has 3 rings (SSSR count). The summed E-state index contributed by atoms with van der Waals surface area (Å²) in [6.45, 7) is 4.58. The van der Waals surface area contributed by atoms with Gasteiger partial charge in [-0.15, -0.1) is 0 Å². The largest absolute Gasteiger partial charge is 0.494 e. The first-order chi connectivity index (χ1) is 11.6. The van der Waals surface area contributed by atoms with Crippen molar-refractivity contribution in [1.29, 1.82) is 0 Å². The summed E-state index contributed by atoms with van der Waals surface area (Å²) in [5, 5.41) is 10.2. The maximum Gasteiger partial charge on any atom is 0.315 e. The molecule has 0 bridgehead atoms. The normalized spacial score (nSPS) is 17.2. The minimum Gasteiger partial charge on any atom is -0.494 e. The standard InChI is InChI=1S/C18H24N4O2/c1-4-24-17-7-5-6-14-15(17)8-9-16(14)21-18(23)20-12(2)13-10-19-22(3)11-13/h5-7,10-12,16H,4,8-9H2,1-3H3,(H2,20,21,23)/t12-,16+/m0/s1. The van der Waals surface area contributed by atoms with Crippen molar-refractivity contribution in [2.45, 2.75) is 38.8 Å². The van der Waals surface area contributed by atoms with Crippen LogP contribution in [0.5, 0.6) is 5.75 Å². The Hall–Kier alpha value is -2.50. The van der Waals surface area contributed by atoms with Crippen molar-refractivity contribution in [2.24, 2.45) is 7.05 Å². The van der Waals surface area contributed by atoms with E-state index in [4.69, 9.17) is 4.74 Å². The molecule has 0 saturated heterocycles. The van der Waals surface area contributed by atoms with Crippen molar-refractivity contribution in [1.82, 2.24) is 20.4 Å². The maximum absolute atomic E-state index is 12.3. The predicted molar refractivity (Wildman–Crippen MR) is 92.0 cm³/mol. The van der Waals surface area contributed by atoms with Crippen molar-refractivity contribution in [3.05, 3.63) is 47.3 Å². The number of aryl methyl sites for hydroxylation is 1. The topological polar surface area (TPSA) is 68.2 Å². The van der Waals surface area contributed by atoms with Gasteiger partial charge in [-0.2, -0.15) is 5.10 Å². The number of carbonyl (C=O) groups is 1. The van der Waals surface area contributed by atoms with Gasteiger partial charge in [0.05, 0.1) is 24.9 Å². The van der Waals surface area contributed by atoms with E-state index in [1.165, 1.54) is 5.56 Å². The van der Waals surface area contributed by atoms with Crippen LogP contribution in [0.2, 0.25) is 0 Å². The highest BCUT2D eigenvalue weighted by molar-refractivity contribution is 5.75. The Morgan fingerprint density at radius 3 is 3.04 bits per heavy atom. The van der Waals surface area contributed by atoms with Crippen LogP contribution in [0.15, 0.2) is 30.6 Å². The summed E-state index contributed by atoms with van der Waals surface area (Å²) in [7, 11) is 1.86. The van der Waals surface area contributed by atoms with Crippen molar-refractivity contribution in [2.75, 3.05) is 6.61 Å². The first kappa shape index (κ1) is 16.4. The summed E-state index contributed by atoms with van der Waals surface area (Å²) in [5.41, 5.74) is 3.35. The molecule has 0 radical (unpaired) electrons. The van der Waals surface area contributed by atoms with Gasteiger partial charge in [0.1, 0.15) is 5.75 Å². The van der Waals surface area contributed by atoms with E-state index in [9.17, 15) is 4.79 Å². The molecule has 1 aliphatic rings. The van der Waals surface area contributed by atoms with Gasteiger partial charge in [-0.05, 0) is 43.9 Å². The first-order valence-corrected chi connectivity index (χ1v) is 8.38. The molecule has 1 aromatic carbocycles. The quantitative estimate of drug-likeness (QED) is 0.887. The molecule has 0 unspecified atom stereocenters. The number of nitrogens with one attached hydrogen (secondary N) is 2. The van der Waals surface area contributed by atoms with Crippen LogP contribution in [0.4, 0.5) is 4.79 Å². The second-order valence-corrected chi connectivity index (χ2v) is 6.14. The van der Waals surface area contributed by atoms with E-state index >= 15 is 0 Å². The van der Waals surface area contributed by atoms with Crippen LogP contribution in [-0.4, -0.2) is 22.4 Å². The molecule has 2 amide bonds. The molecule has 0 saturated carbocycles. The Morgan fingerprint density at radius 2 is 2.33 bits per heavy atom. The third kappa shape index (κ3) is 3.37. The summed E-state index contributed by atoms with van der Waals surface area (Å²) < 4.78 is 7.42. The van der Waals surface area contributed by atoms with E-state index in [-0.39, 0.29) is 18.1 Å². The van der Waals surface area contributed by atoms with Crippen molar-refractivity contribution < 1.29 is 9.53 Å². The molecule has 24 heavy (non-hydrogen) atoms. The summed E-state index contributed by atoms with van der Waals surface area (Å²) >= 11 is 0. The molecular formula is C18H24N4O2. The highest BCUT2D eigenvalue weighted by Gasteiger charge is 2.26. The lowest BCUT2D eigenvalue weighted by Crippen LogP contribution is -2.38. The van der Waals surface area contributed by atoms with Gasteiger partial charge in [0.15, 0.2) is 0 Å². The Labute approximate surface area is 142 Å².